The zero-order chi connectivity index (χ0) is 14.0. The number of alkyl halides is 1. The fraction of sp³-hybridized carbons (Fsp3) is 0.462. The molecule has 0 bridgehead atoms. The predicted octanol–water partition coefficient (Wildman–Crippen LogP) is 3.66. The number of hydrogen-bond donors (Lipinski definition) is 0. The second-order valence-corrected chi connectivity index (χ2v) is 4.15. The molecule has 0 unspecified atom stereocenters. The van der Waals surface area contributed by atoms with Crippen LogP contribution in [-0.2, 0) is 14.3 Å². The second kappa shape index (κ2) is 9.88. The summed E-state index contributed by atoms with van der Waals surface area (Å²) in [5, 5.41) is 0.775. The molecule has 0 N–H and O–H groups in total. The maximum absolute atomic E-state index is 13.7. The van der Waals surface area contributed by atoms with Crippen LogP contribution in [0.3, 0.4) is 0 Å². The van der Waals surface area contributed by atoms with Gasteiger partial charge in [-0.2, -0.15) is 0 Å². The molecule has 0 aromatic rings. The Hall–Kier alpha value is -1.10. The first-order valence-corrected chi connectivity index (χ1v) is 6.75. The summed E-state index contributed by atoms with van der Waals surface area (Å²) >= 11 is 3.25. The van der Waals surface area contributed by atoms with E-state index < -0.39 is 11.8 Å². The van der Waals surface area contributed by atoms with Gasteiger partial charge in [-0.15, -0.1) is 0 Å². The third kappa shape index (κ3) is 6.59. The molecule has 0 heterocycles. The van der Waals surface area contributed by atoms with Crippen LogP contribution in [0.25, 0.3) is 0 Å². The number of halogens is 2. The number of carbonyl (C=O) groups is 1. The topological polar surface area (TPSA) is 35.5 Å². The van der Waals surface area contributed by atoms with Crippen LogP contribution in [-0.4, -0.2) is 24.5 Å². The van der Waals surface area contributed by atoms with E-state index in [4.69, 9.17) is 9.47 Å². The first-order chi connectivity index (χ1) is 8.56. The number of carbonyl (C=O) groups excluding carboxylic acids is 1. The van der Waals surface area contributed by atoms with E-state index in [0.29, 0.717) is 6.61 Å². The van der Waals surface area contributed by atoms with E-state index in [2.05, 4.69) is 22.5 Å². The van der Waals surface area contributed by atoms with Crippen LogP contribution < -0.4 is 0 Å². The van der Waals surface area contributed by atoms with Crippen molar-refractivity contribution in [3.05, 3.63) is 35.9 Å². The monoisotopic (exact) mass is 320 g/mol. The molecule has 0 spiro atoms. The Bertz CT molecular complexity index is 348. The summed E-state index contributed by atoms with van der Waals surface area (Å²) in [6, 6.07) is 0. The van der Waals surface area contributed by atoms with Gasteiger partial charge in [0.25, 0.3) is 0 Å². The fourth-order valence-electron chi connectivity index (χ4n) is 1.03. The standard InChI is InChI=1S/C13H18BrFO3/c1-4-12(18-8-6-7-14)11(15)9-10(3)13(16)17-5-2/h4,9H,1,5-8H2,2-3H3/b10-9+,12-11-. The molecule has 0 rings (SSSR count). The summed E-state index contributed by atoms with van der Waals surface area (Å²) < 4.78 is 23.7. The molecule has 18 heavy (non-hydrogen) atoms. The van der Waals surface area contributed by atoms with Gasteiger partial charge in [0.15, 0.2) is 11.6 Å². The minimum Gasteiger partial charge on any atom is -0.491 e. The second-order valence-electron chi connectivity index (χ2n) is 3.36. The highest BCUT2D eigenvalue weighted by Crippen LogP contribution is 2.14. The van der Waals surface area contributed by atoms with Crippen LogP contribution in [0.5, 0.6) is 0 Å². The molecule has 0 saturated carbocycles. The van der Waals surface area contributed by atoms with E-state index in [1.165, 1.54) is 13.0 Å². The summed E-state index contributed by atoms with van der Waals surface area (Å²) in [6.45, 7) is 7.28. The maximum Gasteiger partial charge on any atom is 0.333 e. The van der Waals surface area contributed by atoms with E-state index >= 15 is 0 Å². The highest BCUT2D eigenvalue weighted by Gasteiger charge is 2.08. The molecule has 5 heteroatoms. The van der Waals surface area contributed by atoms with E-state index in [0.717, 1.165) is 17.8 Å². The highest BCUT2D eigenvalue weighted by molar-refractivity contribution is 9.09. The van der Waals surface area contributed by atoms with E-state index in [1.807, 2.05) is 0 Å². The number of ether oxygens (including phenoxy) is 2. The zero-order valence-corrected chi connectivity index (χ0v) is 12.3. The number of rotatable bonds is 8. The molecular weight excluding hydrogens is 303 g/mol. The van der Waals surface area contributed by atoms with Crippen molar-refractivity contribution in [2.75, 3.05) is 18.5 Å². The van der Waals surface area contributed by atoms with Gasteiger partial charge in [0, 0.05) is 10.9 Å². The summed E-state index contributed by atoms with van der Waals surface area (Å²) in [5.41, 5.74) is 0.179. The van der Waals surface area contributed by atoms with Crippen LogP contribution in [0.1, 0.15) is 20.3 Å². The molecule has 3 nitrogen and oxygen atoms in total. The van der Waals surface area contributed by atoms with Crippen LogP contribution in [0, 0.1) is 0 Å². The third-order valence-corrected chi connectivity index (χ3v) is 2.46. The van der Waals surface area contributed by atoms with E-state index in [9.17, 15) is 9.18 Å². The normalized spacial score (nSPS) is 12.8. The van der Waals surface area contributed by atoms with Crippen molar-refractivity contribution in [1.29, 1.82) is 0 Å². The van der Waals surface area contributed by atoms with Gasteiger partial charge in [0.2, 0.25) is 0 Å². The van der Waals surface area contributed by atoms with Gasteiger partial charge < -0.3 is 9.47 Å². The van der Waals surface area contributed by atoms with Crippen LogP contribution in [0.4, 0.5) is 4.39 Å². The molecule has 0 fully saturated rings. The van der Waals surface area contributed by atoms with Gasteiger partial charge in [-0.1, -0.05) is 22.5 Å². The Morgan fingerprint density at radius 2 is 2.11 bits per heavy atom. The number of hydrogen-bond acceptors (Lipinski definition) is 3. The average Bonchev–Trinajstić information content (AvgIpc) is 2.34. The molecule has 0 aliphatic carbocycles. The van der Waals surface area contributed by atoms with Crippen molar-refractivity contribution < 1.29 is 18.7 Å². The van der Waals surface area contributed by atoms with Gasteiger partial charge >= 0.3 is 5.97 Å². The SMILES string of the molecule is C=C/C(OCCCBr)=C(F)\C=C(/C)C(=O)OCC. The van der Waals surface area contributed by atoms with Crippen LogP contribution in [0.15, 0.2) is 35.9 Å². The quantitative estimate of drug-likeness (QED) is 0.171. The first kappa shape index (κ1) is 16.9. The van der Waals surface area contributed by atoms with Gasteiger partial charge in [-0.3, -0.25) is 0 Å². The molecule has 0 aliphatic rings. The van der Waals surface area contributed by atoms with Gasteiger partial charge in [-0.25, -0.2) is 9.18 Å². The van der Waals surface area contributed by atoms with Crippen molar-refractivity contribution in [2.24, 2.45) is 0 Å². The molecule has 0 aromatic carbocycles. The Kier molecular flexibility index (Phi) is 9.28. The molecule has 102 valence electrons. The van der Waals surface area contributed by atoms with Crippen molar-refractivity contribution in [2.45, 2.75) is 20.3 Å². The average molecular weight is 321 g/mol. The summed E-state index contributed by atoms with van der Waals surface area (Å²) in [6.07, 6.45) is 3.12. The van der Waals surface area contributed by atoms with Crippen molar-refractivity contribution in [1.82, 2.24) is 0 Å². The summed E-state index contributed by atoms with van der Waals surface area (Å²) in [7, 11) is 0. The molecule has 0 saturated heterocycles. The summed E-state index contributed by atoms with van der Waals surface area (Å²) in [4.78, 5) is 11.3. The van der Waals surface area contributed by atoms with Gasteiger partial charge in [0.1, 0.15) is 0 Å². The zero-order valence-electron chi connectivity index (χ0n) is 10.7. The van der Waals surface area contributed by atoms with E-state index in [-0.39, 0.29) is 17.9 Å². The molecule has 0 radical (unpaired) electrons. The van der Waals surface area contributed by atoms with Gasteiger partial charge in [-0.05, 0) is 32.4 Å². The molecule has 0 aromatic heterocycles. The summed E-state index contributed by atoms with van der Waals surface area (Å²) in [5.74, 6) is -1.15. The molecule has 0 amide bonds. The molecule has 0 aliphatic heterocycles. The minimum absolute atomic E-state index is 0.0274. The van der Waals surface area contributed by atoms with E-state index in [1.54, 1.807) is 6.92 Å². The number of allylic oxidation sites excluding steroid dienone is 3. The van der Waals surface area contributed by atoms with Crippen LogP contribution in [0.2, 0.25) is 0 Å². The Morgan fingerprint density at radius 1 is 1.44 bits per heavy atom. The Labute approximate surface area is 115 Å². The Balaban J connectivity index is 4.73. The van der Waals surface area contributed by atoms with Crippen molar-refractivity contribution >= 4 is 21.9 Å². The lowest BCUT2D eigenvalue weighted by Gasteiger charge is -2.06. The van der Waals surface area contributed by atoms with Crippen molar-refractivity contribution in [3.63, 3.8) is 0 Å². The lowest BCUT2D eigenvalue weighted by molar-refractivity contribution is -0.138. The van der Waals surface area contributed by atoms with Crippen molar-refractivity contribution in [3.8, 4) is 0 Å². The maximum atomic E-state index is 13.7. The fourth-order valence-corrected chi connectivity index (χ4v) is 1.26. The predicted molar refractivity (Wildman–Crippen MR) is 73.1 cm³/mol. The molecular formula is C13H18BrFO3. The minimum atomic E-state index is -0.634. The number of esters is 1. The largest absolute Gasteiger partial charge is 0.491 e. The smallest absolute Gasteiger partial charge is 0.333 e. The van der Waals surface area contributed by atoms with Gasteiger partial charge in [0.05, 0.1) is 13.2 Å². The lowest BCUT2D eigenvalue weighted by Crippen LogP contribution is -2.05. The lowest BCUT2D eigenvalue weighted by atomic mass is 10.2. The first-order valence-electron chi connectivity index (χ1n) is 5.63. The third-order valence-electron chi connectivity index (χ3n) is 1.90. The highest BCUT2D eigenvalue weighted by atomic mass is 79.9. The molecule has 0 atom stereocenters. The van der Waals surface area contributed by atoms with Crippen LogP contribution >= 0.6 is 15.9 Å². The Morgan fingerprint density at radius 3 is 2.61 bits per heavy atom.